The highest BCUT2D eigenvalue weighted by molar-refractivity contribution is 6.08. The van der Waals surface area contributed by atoms with Crippen molar-refractivity contribution < 1.29 is 8.83 Å². The number of nitrogens with zero attached hydrogens (tertiary/aromatic N) is 1. The topological polar surface area (TPSA) is 29.5 Å². The third-order valence-electron chi connectivity index (χ3n) is 10.2. The molecule has 2 heterocycles. The van der Waals surface area contributed by atoms with Crippen LogP contribution in [0.3, 0.4) is 0 Å². The minimum absolute atomic E-state index is 0.0446. The van der Waals surface area contributed by atoms with Crippen molar-refractivity contribution in [1.29, 1.82) is 0 Å². The predicted octanol–water partition coefficient (Wildman–Crippen LogP) is 12.6. The first kappa shape index (κ1) is 27.1. The molecule has 9 rings (SSSR count). The Hall–Kier alpha value is -5.28. The molecule has 3 heteroatoms. The van der Waals surface area contributed by atoms with E-state index in [1.165, 1.54) is 49.7 Å². The number of benzene rings is 6. The van der Waals surface area contributed by atoms with E-state index < -0.39 is 0 Å². The molecule has 0 unspecified atom stereocenters. The van der Waals surface area contributed by atoms with E-state index >= 15 is 0 Å². The van der Waals surface area contributed by atoms with Gasteiger partial charge in [0, 0.05) is 50.1 Å². The van der Waals surface area contributed by atoms with Crippen molar-refractivity contribution in [3.63, 3.8) is 0 Å². The molecule has 2 aromatic heterocycles. The summed E-state index contributed by atoms with van der Waals surface area (Å²) in [6.07, 6.45) is 7.53. The fraction of sp³-hybridized carbons (Fsp3) is 0.163. The zero-order valence-electron chi connectivity index (χ0n) is 25.8. The SMILES string of the molecule is c1ccc(C2(c3ccc(N(c4ccc5c(c4)oc4ccccc45)c4ccc5oc6ccccc6c5c4)cc3)CCCCCC2)cc1. The Labute approximate surface area is 268 Å². The van der Waals surface area contributed by atoms with Crippen LogP contribution < -0.4 is 4.90 Å². The molecule has 3 nitrogen and oxygen atoms in total. The first-order valence-corrected chi connectivity index (χ1v) is 16.6. The summed E-state index contributed by atoms with van der Waals surface area (Å²) >= 11 is 0. The lowest BCUT2D eigenvalue weighted by Gasteiger charge is -2.35. The van der Waals surface area contributed by atoms with Gasteiger partial charge in [-0.05, 0) is 78.6 Å². The third kappa shape index (κ3) is 4.41. The number of para-hydroxylation sites is 2. The highest BCUT2D eigenvalue weighted by Crippen LogP contribution is 2.46. The highest BCUT2D eigenvalue weighted by Gasteiger charge is 2.34. The van der Waals surface area contributed by atoms with Gasteiger partial charge in [-0.15, -0.1) is 0 Å². The summed E-state index contributed by atoms with van der Waals surface area (Å²) in [6.45, 7) is 0. The van der Waals surface area contributed by atoms with E-state index in [2.05, 4.69) is 120 Å². The van der Waals surface area contributed by atoms with Crippen LogP contribution in [0, 0.1) is 0 Å². The summed E-state index contributed by atoms with van der Waals surface area (Å²) in [5.74, 6) is 0. The van der Waals surface area contributed by atoms with Crippen molar-refractivity contribution in [2.75, 3.05) is 4.90 Å². The minimum atomic E-state index is 0.0446. The third-order valence-corrected chi connectivity index (χ3v) is 10.2. The molecule has 0 atom stereocenters. The zero-order valence-corrected chi connectivity index (χ0v) is 25.8. The van der Waals surface area contributed by atoms with Crippen LogP contribution in [0.5, 0.6) is 0 Å². The number of hydrogen-bond donors (Lipinski definition) is 0. The number of fused-ring (bicyclic) bond motifs is 6. The van der Waals surface area contributed by atoms with Gasteiger partial charge >= 0.3 is 0 Å². The molecule has 0 spiro atoms. The summed E-state index contributed by atoms with van der Waals surface area (Å²) in [5, 5.41) is 4.51. The molecule has 0 amide bonds. The fourth-order valence-electron chi connectivity index (χ4n) is 7.92. The second-order valence-corrected chi connectivity index (χ2v) is 12.8. The Bertz CT molecular complexity index is 2320. The smallest absolute Gasteiger partial charge is 0.137 e. The Morgan fingerprint density at radius 1 is 0.391 bits per heavy atom. The molecule has 6 aromatic carbocycles. The van der Waals surface area contributed by atoms with Gasteiger partial charge in [0.25, 0.3) is 0 Å². The van der Waals surface area contributed by atoms with E-state index in [0.717, 1.165) is 60.9 Å². The quantitative estimate of drug-likeness (QED) is 0.185. The van der Waals surface area contributed by atoms with Crippen LogP contribution in [0.1, 0.15) is 49.7 Å². The molecule has 0 N–H and O–H groups in total. The van der Waals surface area contributed by atoms with E-state index in [0.29, 0.717) is 0 Å². The first-order valence-electron chi connectivity index (χ1n) is 16.6. The Kier molecular flexibility index (Phi) is 6.45. The molecule has 0 saturated heterocycles. The maximum atomic E-state index is 6.36. The lowest BCUT2D eigenvalue weighted by atomic mass is 9.69. The molecule has 224 valence electrons. The lowest BCUT2D eigenvalue weighted by molar-refractivity contribution is 0.446. The largest absolute Gasteiger partial charge is 0.456 e. The van der Waals surface area contributed by atoms with Gasteiger partial charge in [0.2, 0.25) is 0 Å². The van der Waals surface area contributed by atoms with E-state index in [1.807, 2.05) is 24.3 Å². The maximum absolute atomic E-state index is 6.36. The molecule has 0 aliphatic heterocycles. The van der Waals surface area contributed by atoms with Gasteiger partial charge in [-0.3, -0.25) is 0 Å². The Balaban J connectivity index is 1.21. The molecule has 0 radical (unpaired) electrons. The van der Waals surface area contributed by atoms with Gasteiger partial charge in [0.15, 0.2) is 0 Å². The highest BCUT2D eigenvalue weighted by atomic mass is 16.3. The van der Waals surface area contributed by atoms with Crippen LogP contribution in [0.2, 0.25) is 0 Å². The maximum Gasteiger partial charge on any atom is 0.137 e. The summed E-state index contributed by atoms with van der Waals surface area (Å²) in [7, 11) is 0. The van der Waals surface area contributed by atoms with Crippen LogP contribution in [-0.4, -0.2) is 0 Å². The van der Waals surface area contributed by atoms with E-state index in [1.54, 1.807) is 0 Å². The molecular weight excluding hydrogens is 562 g/mol. The average Bonchev–Trinajstić information content (AvgIpc) is 3.56. The zero-order chi connectivity index (χ0) is 30.5. The summed E-state index contributed by atoms with van der Waals surface area (Å²) in [4.78, 5) is 2.35. The van der Waals surface area contributed by atoms with Crippen molar-refractivity contribution in [3.8, 4) is 0 Å². The Morgan fingerprint density at radius 2 is 0.913 bits per heavy atom. The van der Waals surface area contributed by atoms with Gasteiger partial charge < -0.3 is 13.7 Å². The van der Waals surface area contributed by atoms with Gasteiger partial charge in [0.1, 0.15) is 22.3 Å². The first-order chi connectivity index (χ1) is 22.8. The van der Waals surface area contributed by atoms with Gasteiger partial charge in [0.05, 0.1) is 0 Å². The molecule has 46 heavy (non-hydrogen) atoms. The van der Waals surface area contributed by atoms with Crippen LogP contribution in [0.15, 0.2) is 148 Å². The van der Waals surface area contributed by atoms with Crippen LogP contribution in [0.4, 0.5) is 17.1 Å². The normalized spacial score (nSPS) is 15.0. The monoisotopic (exact) mass is 597 g/mol. The number of hydrogen-bond acceptors (Lipinski definition) is 3. The molecular formula is C43H35NO2. The average molecular weight is 598 g/mol. The van der Waals surface area contributed by atoms with Crippen LogP contribution >= 0.6 is 0 Å². The van der Waals surface area contributed by atoms with Gasteiger partial charge in [-0.2, -0.15) is 0 Å². The van der Waals surface area contributed by atoms with E-state index in [-0.39, 0.29) is 5.41 Å². The summed E-state index contributed by atoms with van der Waals surface area (Å²) < 4.78 is 12.6. The molecule has 1 aliphatic carbocycles. The minimum Gasteiger partial charge on any atom is -0.456 e. The second-order valence-electron chi connectivity index (χ2n) is 12.8. The van der Waals surface area contributed by atoms with Crippen molar-refractivity contribution in [2.24, 2.45) is 0 Å². The van der Waals surface area contributed by atoms with Crippen molar-refractivity contribution >= 4 is 60.9 Å². The van der Waals surface area contributed by atoms with Gasteiger partial charge in [-0.1, -0.05) is 105 Å². The summed E-state index contributed by atoms with van der Waals surface area (Å²) in [6, 6.07) is 50.2. The molecule has 0 bridgehead atoms. The molecule has 1 aliphatic rings. The van der Waals surface area contributed by atoms with Crippen LogP contribution in [0.25, 0.3) is 43.9 Å². The number of furan rings is 2. The van der Waals surface area contributed by atoms with Crippen molar-refractivity contribution in [1.82, 2.24) is 0 Å². The van der Waals surface area contributed by atoms with Crippen molar-refractivity contribution in [2.45, 2.75) is 43.9 Å². The van der Waals surface area contributed by atoms with Crippen LogP contribution in [-0.2, 0) is 5.41 Å². The molecule has 1 fully saturated rings. The van der Waals surface area contributed by atoms with E-state index in [4.69, 9.17) is 8.83 Å². The van der Waals surface area contributed by atoms with Gasteiger partial charge in [-0.25, -0.2) is 0 Å². The number of rotatable bonds is 5. The fourth-order valence-corrected chi connectivity index (χ4v) is 7.92. The standard InChI is InChI=1S/C43H35NO2/c1-2-11-27-43(26-10-1,30-12-4-3-5-13-30)31-18-20-32(21-19-31)44(33-23-25-41-38(28-33)36-15-7-9-17-40(36)45-41)34-22-24-37-35-14-6-8-16-39(35)46-42(37)29-34/h3-9,12-25,28-29H,1-2,10-11,26-27H2. The lowest BCUT2D eigenvalue weighted by Crippen LogP contribution is -2.27. The number of anilines is 3. The molecule has 1 saturated carbocycles. The second kappa shape index (κ2) is 11.0. The Morgan fingerprint density at radius 3 is 1.65 bits per heavy atom. The predicted molar refractivity (Wildman–Crippen MR) is 191 cm³/mol. The summed E-state index contributed by atoms with van der Waals surface area (Å²) in [5.41, 5.74) is 9.74. The van der Waals surface area contributed by atoms with E-state index in [9.17, 15) is 0 Å². The van der Waals surface area contributed by atoms with Crippen molar-refractivity contribution in [3.05, 3.63) is 151 Å². The molecule has 8 aromatic rings.